The van der Waals surface area contributed by atoms with Crippen molar-refractivity contribution in [1.29, 1.82) is 0 Å². The first kappa shape index (κ1) is 18.3. The fraction of sp³-hybridized carbons (Fsp3) is 0.429. The number of benzene rings is 2. The maximum absolute atomic E-state index is 14.5. The summed E-state index contributed by atoms with van der Waals surface area (Å²) in [6, 6.07) is 10.1. The summed E-state index contributed by atoms with van der Waals surface area (Å²) in [6.07, 6.45) is 1.03. The first-order valence-electron chi connectivity index (χ1n) is 9.31. The van der Waals surface area contributed by atoms with Crippen LogP contribution in [0.15, 0.2) is 36.4 Å². The molecule has 6 heteroatoms. The number of fused-ring (bicyclic) bond motifs is 2. The van der Waals surface area contributed by atoms with Crippen LogP contribution in [0.2, 0.25) is 0 Å². The Balaban J connectivity index is 1.64. The number of ether oxygens (including phenoxy) is 1. The van der Waals surface area contributed by atoms with Crippen LogP contribution in [0.5, 0.6) is 5.75 Å². The molecule has 0 bridgehead atoms. The zero-order chi connectivity index (χ0) is 19.0. The summed E-state index contributed by atoms with van der Waals surface area (Å²) in [6.45, 7) is 1.66. The number of aliphatic hydroxyl groups is 1. The number of nitrogens with one attached hydrogen (secondary N) is 2. The number of hydrogen-bond acceptors (Lipinski definition) is 4. The molecule has 4 nitrogen and oxygen atoms in total. The van der Waals surface area contributed by atoms with Crippen LogP contribution in [0.25, 0.3) is 0 Å². The van der Waals surface area contributed by atoms with E-state index in [1.54, 1.807) is 0 Å². The summed E-state index contributed by atoms with van der Waals surface area (Å²) in [7, 11) is 1.35. The van der Waals surface area contributed by atoms with Gasteiger partial charge in [0.05, 0.1) is 19.3 Å². The normalized spacial score (nSPS) is 23.4. The number of halogens is 2. The number of rotatable bonds is 4. The molecule has 1 aliphatic carbocycles. The first-order valence-corrected chi connectivity index (χ1v) is 9.31. The van der Waals surface area contributed by atoms with Crippen molar-refractivity contribution < 1.29 is 18.6 Å². The van der Waals surface area contributed by atoms with Crippen molar-refractivity contribution in [2.75, 3.05) is 20.2 Å². The first-order chi connectivity index (χ1) is 13.1. The van der Waals surface area contributed by atoms with E-state index in [-0.39, 0.29) is 29.3 Å². The lowest BCUT2D eigenvalue weighted by atomic mass is 9.72. The van der Waals surface area contributed by atoms with Crippen molar-refractivity contribution in [3.8, 4) is 5.75 Å². The summed E-state index contributed by atoms with van der Waals surface area (Å²) in [5.41, 5.74) is 1.76. The van der Waals surface area contributed by atoms with Gasteiger partial charge in [0.1, 0.15) is 5.82 Å². The Bertz CT molecular complexity index is 837. The molecule has 2 atom stereocenters. The number of hydrogen-bond donors (Lipinski definition) is 3. The van der Waals surface area contributed by atoms with Crippen molar-refractivity contribution in [3.63, 3.8) is 0 Å². The lowest BCUT2D eigenvalue weighted by molar-refractivity contribution is 0.0437. The average Bonchev–Trinajstić information content (AvgIpc) is 2.91. The van der Waals surface area contributed by atoms with Crippen molar-refractivity contribution >= 4 is 0 Å². The van der Waals surface area contributed by atoms with Gasteiger partial charge in [0.25, 0.3) is 0 Å². The van der Waals surface area contributed by atoms with E-state index in [9.17, 15) is 13.9 Å². The van der Waals surface area contributed by atoms with Crippen molar-refractivity contribution in [2.45, 2.75) is 36.9 Å². The lowest BCUT2D eigenvalue weighted by Gasteiger charge is -2.39. The van der Waals surface area contributed by atoms with Crippen LogP contribution < -0.4 is 15.4 Å². The molecule has 1 aliphatic heterocycles. The summed E-state index contributed by atoms with van der Waals surface area (Å²) < 4.78 is 33.6. The van der Waals surface area contributed by atoms with Gasteiger partial charge in [-0.1, -0.05) is 24.3 Å². The fourth-order valence-corrected chi connectivity index (χ4v) is 4.64. The topological polar surface area (TPSA) is 53.5 Å². The van der Waals surface area contributed by atoms with Crippen LogP contribution in [0.4, 0.5) is 8.78 Å². The van der Waals surface area contributed by atoms with E-state index in [1.807, 2.05) is 18.2 Å². The highest BCUT2D eigenvalue weighted by molar-refractivity contribution is 5.45. The van der Waals surface area contributed by atoms with E-state index in [2.05, 4.69) is 16.7 Å². The quantitative estimate of drug-likeness (QED) is 0.770. The van der Waals surface area contributed by atoms with Gasteiger partial charge < -0.3 is 20.5 Å². The largest absolute Gasteiger partial charge is 0.494 e. The highest BCUT2D eigenvalue weighted by Crippen LogP contribution is 2.50. The smallest absolute Gasteiger partial charge is 0.172 e. The Hall–Kier alpha value is -2.02. The highest BCUT2D eigenvalue weighted by Gasteiger charge is 2.51. The number of piperidine rings is 1. The van der Waals surface area contributed by atoms with Crippen LogP contribution in [0.1, 0.15) is 35.6 Å². The minimum absolute atomic E-state index is 0.00963. The second kappa shape index (κ2) is 7.19. The van der Waals surface area contributed by atoms with E-state index >= 15 is 0 Å². The van der Waals surface area contributed by atoms with Gasteiger partial charge in [0.15, 0.2) is 11.6 Å². The van der Waals surface area contributed by atoms with Gasteiger partial charge in [-0.25, -0.2) is 8.78 Å². The third-order valence-electron chi connectivity index (χ3n) is 6.08. The molecular weight excluding hydrogens is 350 g/mol. The minimum Gasteiger partial charge on any atom is -0.494 e. The average molecular weight is 374 g/mol. The summed E-state index contributed by atoms with van der Waals surface area (Å²) >= 11 is 0. The van der Waals surface area contributed by atoms with E-state index in [0.29, 0.717) is 0 Å². The number of methoxy groups -OCH3 is 1. The zero-order valence-electron chi connectivity index (χ0n) is 15.3. The molecule has 4 rings (SSSR count). The van der Waals surface area contributed by atoms with Gasteiger partial charge in [-0.3, -0.25) is 0 Å². The molecule has 0 saturated carbocycles. The van der Waals surface area contributed by atoms with Crippen molar-refractivity contribution in [1.82, 2.24) is 10.6 Å². The molecule has 2 aromatic rings. The van der Waals surface area contributed by atoms with Gasteiger partial charge in [0.2, 0.25) is 0 Å². The van der Waals surface area contributed by atoms with Crippen LogP contribution in [0.3, 0.4) is 0 Å². The van der Waals surface area contributed by atoms with E-state index in [4.69, 9.17) is 4.74 Å². The van der Waals surface area contributed by atoms with Gasteiger partial charge in [-0.2, -0.15) is 0 Å². The molecule has 1 saturated heterocycles. The van der Waals surface area contributed by atoms with Crippen LogP contribution in [-0.2, 0) is 12.0 Å². The second-order valence-corrected chi connectivity index (χ2v) is 7.34. The molecule has 0 unspecified atom stereocenters. The molecule has 0 aromatic heterocycles. The Morgan fingerprint density at radius 1 is 1.19 bits per heavy atom. The summed E-state index contributed by atoms with van der Waals surface area (Å²) in [5, 5.41) is 17.7. The molecule has 2 aromatic carbocycles. The summed E-state index contributed by atoms with van der Waals surface area (Å²) in [5.74, 6) is -1.32. The van der Waals surface area contributed by atoms with E-state index < -0.39 is 17.7 Å². The Morgan fingerprint density at radius 2 is 1.93 bits per heavy atom. The lowest BCUT2D eigenvalue weighted by Crippen LogP contribution is -2.48. The molecule has 0 amide bonds. The van der Waals surface area contributed by atoms with Crippen LogP contribution >= 0.6 is 0 Å². The second-order valence-electron chi connectivity index (χ2n) is 7.34. The third kappa shape index (κ3) is 2.92. The van der Waals surface area contributed by atoms with Gasteiger partial charge in [-0.15, -0.1) is 0 Å². The van der Waals surface area contributed by atoms with Gasteiger partial charge in [0, 0.05) is 17.5 Å². The number of aliphatic hydroxyl groups excluding tert-OH is 1. The van der Waals surface area contributed by atoms with Crippen molar-refractivity contribution in [2.24, 2.45) is 0 Å². The molecule has 1 fully saturated rings. The van der Waals surface area contributed by atoms with E-state index in [1.165, 1.54) is 19.2 Å². The molecule has 144 valence electrons. The Morgan fingerprint density at radius 3 is 2.67 bits per heavy atom. The molecule has 3 N–H and O–H groups in total. The Kier molecular flexibility index (Phi) is 4.88. The van der Waals surface area contributed by atoms with Crippen LogP contribution in [-0.4, -0.2) is 31.4 Å². The predicted octanol–water partition coefficient (Wildman–Crippen LogP) is 2.80. The van der Waals surface area contributed by atoms with E-state index in [0.717, 1.165) is 37.1 Å². The van der Waals surface area contributed by atoms with Gasteiger partial charge in [-0.05, 0) is 49.2 Å². The summed E-state index contributed by atoms with van der Waals surface area (Å²) in [4.78, 5) is 0. The fourth-order valence-electron chi connectivity index (χ4n) is 4.64. The maximum atomic E-state index is 14.5. The molecule has 2 aliphatic rings. The maximum Gasteiger partial charge on any atom is 0.172 e. The Labute approximate surface area is 157 Å². The van der Waals surface area contributed by atoms with Crippen molar-refractivity contribution in [3.05, 3.63) is 64.7 Å². The molecule has 1 spiro atoms. The zero-order valence-corrected chi connectivity index (χ0v) is 15.3. The van der Waals surface area contributed by atoms with Gasteiger partial charge >= 0.3 is 0 Å². The predicted molar refractivity (Wildman–Crippen MR) is 98.7 cm³/mol. The molecule has 27 heavy (non-hydrogen) atoms. The molecule has 1 heterocycles. The SMILES string of the molecule is COc1ccc(F)c(CN[C@H]2c3ccccc3C3(CCNCC3)[C@@H]2O)c1F. The minimum atomic E-state index is -0.706. The third-order valence-corrected chi connectivity index (χ3v) is 6.08. The molecule has 0 radical (unpaired) electrons. The van der Waals surface area contributed by atoms with Crippen LogP contribution in [0, 0.1) is 11.6 Å². The standard InChI is InChI=1S/C21H24F2N2O2/c1-27-17-7-6-16(22)14(18(17)23)12-25-19-13-4-2-3-5-15(13)21(20(19)26)8-10-24-11-9-21/h2-7,19-20,24-26H,8-12H2,1H3/t19-,20+/m0/s1. The molecular formula is C21H24F2N2O2. The monoisotopic (exact) mass is 374 g/mol. The highest BCUT2D eigenvalue weighted by atomic mass is 19.1.